The average molecular weight is 198 g/mol. The van der Waals surface area contributed by atoms with Crippen LogP contribution in [-0.4, -0.2) is 24.1 Å². The number of hydrogen-bond donors (Lipinski definition) is 2. The van der Waals surface area contributed by atoms with Crippen molar-refractivity contribution >= 4 is 5.91 Å². The van der Waals surface area contributed by atoms with Gasteiger partial charge in [-0.1, -0.05) is 5.92 Å². The molecule has 0 aromatic rings. The van der Waals surface area contributed by atoms with Gasteiger partial charge in [-0.05, 0) is 27.7 Å². The summed E-state index contributed by atoms with van der Waals surface area (Å²) in [6.07, 6.45) is 5.00. The molecule has 0 fully saturated rings. The highest BCUT2D eigenvalue weighted by Gasteiger charge is 2.16. The zero-order valence-electron chi connectivity index (χ0n) is 9.18. The van der Waals surface area contributed by atoms with E-state index in [-0.39, 0.29) is 18.1 Å². The Balaban J connectivity index is 3.80. The molecule has 0 heterocycles. The molecule has 0 aromatic heterocycles. The minimum Gasteiger partial charge on any atom is -0.344 e. The number of carbonyl (C=O) groups is 1. The molecule has 4 heteroatoms. The summed E-state index contributed by atoms with van der Waals surface area (Å²) in [7, 11) is 0. The summed E-state index contributed by atoms with van der Waals surface area (Å²) in [6, 6.07) is -0.414. The van der Waals surface area contributed by atoms with Crippen molar-refractivity contribution < 1.29 is 9.63 Å². The van der Waals surface area contributed by atoms with Gasteiger partial charge in [-0.2, -0.15) is 5.48 Å². The molecule has 14 heavy (non-hydrogen) atoms. The van der Waals surface area contributed by atoms with Crippen molar-refractivity contribution in [2.45, 2.75) is 39.3 Å². The van der Waals surface area contributed by atoms with Gasteiger partial charge in [0.05, 0.1) is 12.1 Å². The maximum absolute atomic E-state index is 11.3. The fraction of sp³-hybridized carbons (Fsp3) is 0.700. The van der Waals surface area contributed by atoms with E-state index in [1.165, 1.54) is 0 Å². The molecule has 1 amide bonds. The van der Waals surface area contributed by atoms with Crippen LogP contribution in [0.2, 0.25) is 0 Å². The van der Waals surface area contributed by atoms with Gasteiger partial charge in [0.2, 0.25) is 5.91 Å². The van der Waals surface area contributed by atoms with Gasteiger partial charge in [0.1, 0.15) is 6.04 Å². The molecule has 1 atom stereocenters. The summed E-state index contributed by atoms with van der Waals surface area (Å²) >= 11 is 0. The van der Waals surface area contributed by atoms with E-state index in [0.29, 0.717) is 0 Å². The molecule has 0 saturated heterocycles. The van der Waals surface area contributed by atoms with E-state index in [1.807, 2.05) is 20.8 Å². The van der Waals surface area contributed by atoms with Crippen molar-refractivity contribution in [2.24, 2.45) is 0 Å². The van der Waals surface area contributed by atoms with Crippen molar-refractivity contribution in [2.75, 3.05) is 6.54 Å². The lowest BCUT2D eigenvalue weighted by Crippen LogP contribution is -2.45. The van der Waals surface area contributed by atoms with Gasteiger partial charge in [-0.15, -0.1) is 6.42 Å². The Bertz CT molecular complexity index is 225. The van der Waals surface area contributed by atoms with Gasteiger partial charge in [0, 0.05) is 0 Å². The standard InChI is InChI=1S/C10H18N2O2/c1-6-7-11-9(13)8(2)12-14-10(3,4)5/h1,8,12H,7H2,2-5H3,(H,11,13). The van der Waals surface area contributed by atoms with Gasteiger partial charge in [-0.25, -0.2) is 0 Å². The van der Waals surface area contributed by atoms with Gasteiger partial charge in [-0.3, -0.25) is 9.63 Å². The van der Waals surface area contributed by atoms with E-state index in [4.69, 9.17) is 11.3 Å². The predicted molar refractivity (Wildman–Crippen MR) is 55.3 cm³/mol. The molecule has 4 nitrogen and oxygen atoms in total. The molecular formula is C10H18N2O2. The van der Waals surface area contributed by atoms with E-state index in [0.717, 1.165) is 0 Å². The molecule has 2 N–H and O–H groups in total. The lowest BCUT2D eigenvalue weighted by Gasteiger charge is -2.22. The summed E-state index contributed by atoms with van der Waals surface area (Å²) in [4.78, 5) is 16.5. The second kappa shape index (κ2) is 5.63. The van der Waals surface area contributed by atoms with Crippen LogP contribution in [-0.2, 0) is 9.63 Å². The van der Waals surface area contributed by atoms with Crippen LogP contribution in [0.1, 0.15) is 27.7 Å². The smallest absolute Gasteiger partial charge is 0.239 e. The Kier molecular flexibility index (Phi) is 5.21. The number of nitrogens with one attached hydrogen (secondary N) is 2. The van der Waals surface area contributed by atoms with Gasteiger partial charge in [0.15, 0.2) is 0 Å². The van der Waals surface area contributed by atoms with Crippen LogP contribution in [0.15, 0.2) is 0 Å². The Morgan fingerprint density at radius 2 is 2.14 bits per heavy atom. The Hall–Kier alpha value is -1.05. The minimum atomic E-state index is -0.414. The maximum atomic E-state index is 11.3. The van der Waals surface area contributed by atoms with Crippen molar-refractivity contribution in [3.8, 4) is 12.3 Å². The Morgan fingerprint density at radius 1 is 1.57 bits per heavy atom. The first kappa shape index (κ1) is 12.9. The predicted octanol–water partition coefficient (Wildman–Crippen LogP) is 0.444. The van der Waals surface area contributed by atoms with Crippen LogP contribution in [0.4, 0.5) is 0 Å². The number of terminal acetylenes is 1. The normalized spacial score (nSPS) is 13.1. The number of hydrogen-bond acceptors (Lipinski definition) is 3. The fourth-order valence-electron chi connectivity index (χ4n) is 0.610. The first-order valence-electron chi connectivity index (χ1n) is 4.51. The molecule has 0 aliphatic rings. The summed E-state index contributed by atoms with van der Waals surface area (Å²) in [5, 5.41) is 2.55. The van der Waals surface area contributed by atoms with Crippen LogP contribution in [0.5, 0.6) is 0 Å². The van der Waals surface area contributed by atoms with E-state index < -0.39 is 6.04 Å². The quantitative estimate of drug-likeness (QED) is 0.509. The van der Waals surface area contributed by atoms with E-state index >= 15 is 0 Å². The van der Waals surface area contributed by atoms with Crippen molar-refractivity contribution in [3.63, 3.8) is 0 Å². The second-order valence-electron chi connectivity index (χ2n) is 3.98. The highest BCUT2D eigenvalue weighted by Crippen LogP contribution is 2.04. The molecule has 0 radical (unpaired) electrons. The summed E-state index contributed by atoms with van der Waals surface area (Å²) in [5.74, 6) is 2.15. The largest absolute Gasteiger partial charge is 0.344 e. The number of carbonyl (C=O) groups excluding carboxylic acids is 1. The zero-order chi connectivity index (χ0) is 11.2. The summed E-state index contributed by atoms with van der Waals surface area (Å²) in [5.41, 5.74) is 2.33. The van der Waals surface area contributed by atoms with Crippen LogP contribution in [0.25, 0.3) is 0 Å². The van der Waals surface area contributed by atoms with E-state index in [9.17, 15) is 4.79 Å². The highest BCUT2D eigenvalue weighted by atomic mass is 16.7. The Labute approximate surface area is 85.4 Å². The number of rotatable bonds is 4. The van der Waals surface area contributed by atoms with Crippen LogP contribution in [0.3, 0.4) is 0 Å². The SMILES string of the molecule is C#CCNC(=O)C(C)NOC(C)(C)C. The van der Waals surface area contributed by atoms with Crippen molar-refractivity contribution in [3.05, 3.63) is 0 Å². The third-order valence-electron chi connectivity index (χ3n) is 1.30. The van der Waals surface area contributed by atoms with Gasteiger partial charge >= 0.3 is 0 Å². The second-order valence-corrected chi connectivity index (χ2v) is 3.98. The molecule has 0 aromatic carbocycles. The van der Waals surface area contributed by atoms with E-state index in [1.54, 1.807) is 6.92 Å². The molecular weight excluding hydrogens is 180 g/mol. The van der Waals surface area contributed by atoms with Crippen LogP contribution >= 0.6 is 0 Å². The highest BCUT2D eigenvalue weighted by molar-refractivity contribution is 5.81. The lowest BCUT2D eigenvalue weighted by molar-refractivity contribution is -0.133. The number of hydroxylamine groups is 1. The monoisotopic (exact) mass is 198 g/mol. The molecule has 0 aliphatic heterocycles. The Morgan fingerprint density at radius 3 is 2.57 bits per heavy atom. The van der Waals surface area contributed by atoms with Crippen LogP contribution < -0.4 is 10.8 Å². The summed E-state index contributed by atoms with van der Waals surface area (Å²) < 4.78 is 0. The molecule has 1 unspecified atom stereocenters. The third-order valence-corrected chi connectivity index (χ3v) is 1.30. The topological polar surface area (TPSA) is 50.4 Å². The van der Waals surface area contributed by atoms with Crippen molar-refractivity contribution in [1.29, 1.82) is 0 Å². The number of amides is 1. The fourth-order valence-corrected chi connectivity index (χ4v) is 0.610. The lowest BCUT2D eigenvalue weighted by atomic mass is 10.2. The van der Waals surface area contributed by atoms with Gasteiger partial charge in [0.25, 0.3) is 0 Å². The van der Waals surface area contributed by atoms with Crippen molar-refractivity contribution in [1.82, 2.24) is 10.8 Å². The average Bonchev–Trinajstić information content (AvgIpc) is 2.09. The van der Waals surface area contributed by atoms with E-state index in [2.05, 4.69) is 16.7 Å². The maximum Gasteiger partial charge on any atom is 0.239 e. The molecule has 0 aliphatic carbocycles. The molecule has 0 spiro atoms. The van der Waals surface area contributed by atoms with Crippen LogP contribution in [0, 0.1) is 12.3 Å². The summed E-state index contributed by atoms with van der Waals surface area (Å²) in [6.45, 7) is 7.63. The first-order valence-corrected chi connectivity index (χ1v) is 4.51. The third kappa shape index (κ3) is 6.46. The first-order chi connectivity index (χ1) is 6.37. The molecule has 0 bridgehead atoms. The zero-order valence-corrected chi connectivity index (χ0v) is 9.18. The van der Waals surface area contributed by atoms with Gasteiger partial charge < -0.3 is 5.32 Å². The molecule has 0 rings (SSSR count). The molecule has 80 valence electrons. The molecule has 0 saturated carbocycles. The minimum absolute atomic E-state index is 0.174.